The zero-order chi connectivity index (χ0) is 68.5. The molecule has 10 amide bonds. The Morgan fingerprint density at radius 3 is 1.32 bits per heavy atom. The molecule has 14 N–H and O–H groups in total. The number of rotatable bonds is 32. The van der Waals surface area contributed by atoms with E-state index in [1.807, 2.05) is 0 Å². The number of amides is 10. The van der Waals surface area contributed by atoms with E-state index >= 15 is 0 Å². The highest BCUT2D eigenvalue weighted by molar-refractivity contribution is 5.99. The van der Waals surface area contributed by atoms with Crippen LogP contribution in [0.1, 0.15) is 206 Å². The highest BCUT2D eigenvalue weighted by Crippen LogP contribution is 2.17. The van der Waals surface area contributed by atoms with Gasteiger partial charge in [0.15, 0.2) is 0 Å². The highest BCUT2D eigenvalue weighted by atomic mass is 16.5. The summed E-state index contributed by atoms with van der Waals surface area (Å²) >= 11 is 0. The molecule has 5 unspecified atom stereocenters. The van der Waals surface area contributed by atoms with Crippen molar-refractivity contribution in [3.63, 3.8) is 0 Å². The molecule has 516 valence electrons. The molecule has 0 spiro atoms. The number of carbonyl (C=O) groups is 12. The van der Waals surface area contributed by atoms with Gasteiger partial charge < -0.3 is 78.3 Å². The van der Waals surface area contributed by atoms with Crippen molar-refractivity contribution in [1.82, 2.24) is 53.2 Å². The molecule has 27 heteroatoms. The normalized spacial score (nSPS) is 23.5. The summed E-state index contributed by atoms with van der Waals surface area (Å²) in [6, 6.07) is -15.7. The van der Waals surface area contributed by atoms with E-state index in [2.05, 4.69) is 60.1 Å². The number of aliphatic carboxylic acids is 1. The minimum absolute atomic E-state index is 0.00535. The summed E-state index contributed by atoms with van der Waals surface area (Å²) in [6.07, 6.45) is 5.57. The first-order chi connectivity index (χ1) is 42.1. The van der Waals surface area contributed by atoms with E-state index in [1.54, 1.807) is 55.4 Å². The Labute approximate surface area is 532 Å². The lowest BCUT2D eigenvalue weighted by Crippen LogP contribution is -2.63. The van der Waals surface area contributed by atoms with Crippen molar-refractivity contribution < 1.29 is 82.7 Å². The van der Waals surface area contributed by atoms with Crippen molar-refractivity contribution in [3.05, 3.63) is 0 Å². The van der Waals surface area contributed by atoms with Gasteiger partial charge in [0.2, 0.25) is 59.1 Å². The largest absolute Gasteiger partial charge is 0.481 e. The van der Waals surface area contributed by atoms with Crippen molar-refractivity contribution in [2.24, 2.45) is 35.5 Å². The number of hydrogen-bond acceptors (Lipinski definition) is 16. The van der Waals surface area contributed by atoms with E-state index < -0.39 is 182 Å². The number of carboxylic acid groups (broad SMARTS) is 1. The van der Waals surface area contributed by atoms with Crippen LogP contribution in [0.2, 0.25) is 0 Å². The van der Waals surface area contributed by atoms with Crippen molar-refractivity contribution in [3.8, 4) is 0 Å². The summed E-state index contributed by atoms with van der Waals surface area (Å²) < 4.78 is 5.82. The van der Waals surface area contributed by atoms with Crippen LogP contribution in [0.5, 0.6) is 0 Å². The number of carboxylic acids is 1. The Bertz CT molecular complexity index is 2320. The Kier molecular flexibility index (Phi) is 38.6. The lowest BCUT2D eigenvalue weighted by Gasteiger charge is -2.32. The first-order valence-corrected chi connectivity index (χ1v) is 32.5. The van der Waals surface area contributed by atoms with E-state index in [-0.39, 0.29) is 55.8 Å². The Morgan fingerprint density at radius 1 is 0.489 bits per heavy atom. The summed E-state index contributed by atoms with van der Waals surface area (Å²) in [5, 5.41) is 66.8. The smallest absolute Gasteiger partial charge is 0.329 e. The topological polar surface area (TPSA) is 415 Å². The SMILES string of the molecule is CCCCCCCCCCCC(O)CC(=O)N[C@@H](CC(C)C)C(=O)N[C@H](CCC(=O)O)C(=O)NC1C(=O)NC(C(C)C)C(=O)N[C@@H](CC(C)C)C(=O)NC(CO)C(=O)N[C@@H](CC(C)C)C(=O)N[C@@H](CC(C)C)C(=O)NC(CO)C(=O)N[C@@H](C(C)C)C(=O)O[C@@H]1C. The Hall–Kier alpha value is -6.48. The quantitative estimate of drug-likeness (QED) is 0.0337. The maximum Gasteiger partial charge on any atom is 0.329 e. The number of carbonyl (C=O) groups excluding carboxylic acids is 11. The second-order valence-electron chi connectivity index (χ2n) is 26.4. The molecule has 1 aliphatic heterocycles. The lowest BCUT2D eigenvalue weighted by molar-refractivity contribution is -0.157. The number of esters is 1. The molecule has 0 aliphatic carbocycles. The fourth-order valence-electron chi connectivity index (χ4n) is 10.1. The summed E-state index contributed by atoms with van der Waals surface area (Å²) in [6.45, 7) is 21.5. The van der Waals surface area contributed by atoms with E-state index in [0.717, 1.165) is 32.1 Å². The van der Waals surface area contributed by atoms with Gasteiger partial charge in [-0.2, -0.15) is 0 Å². The predicted octanol–water partition coefficient (Wildman–Crippen LogP) is 1.80. The molecule has 1 aliphatic rings. The Balaban J connectivity index is 3.98. The van der Waals surface area contributed by atoms with Crippen LogP contribution in [-0.2, 0) is 62.3 Å². The van der Waals surface area contributed by atoms with E-state index in [0.29, 0.717) is 12.8 Å². The van der Waals surface area contributed by atoms with Gasteiger partial charge in [-0.25, -0.2) is 4.79 Å². The third kappa shape index (κ3) is 31.5. The van der Waals surface area contributed by atoms with Crippen LogP contribution in [0.25, 0.3) is 0 Å². The molecule has 0 aromatic rings. The molecule has 0 bridgehead atoms. The third-order valence-corrected chi connectivity index (χ3v) is 15.2. The van der Waals surface area contributed by atoms with Gasteiger partial charge in [-0.15, -0.1) is 0 Å². The standard InChI is InChI=1S/C63H112N10O17/c1-15-16-17-18-19-20-21-22-23-24-41(76)31-49(77)64-43(27-34(2)3)55(81)65-42(25-26-50(78)79)54(80)73-53-40(14)90-63(89)52(39(12)13)72-60(86)48(33-75)70-57(83)45(29-36(6)7)66-56(82)44(28-35(4)5)67-59(85)47(32-74)69-58(84)46(30-37(8)9)68-61(87)51(38(10)11)71-62(53)88/h34-48,51-53,74-76H,15-33H2,1-14H3,(H,64,77)(H,65,81)(H,66,82)(H,67,85)(H,68,87)(H,69,84)(H,70,83)(H,71,88)(H,72,86)(H,73,80)(H,78,79)/t40-,41?,42-,43+,44+,45+,46+,47?,48?,51?,52+,53?/m1/s1. The van der Waals surface area contributed by atoms with Gasteiger partial charge in [-0.1, -0.05) is 148 Å². The average Bonchev–Trinajstić information content (AvgIpc) is 1.42. The first kappa shape index (κ1) is 81.5. The molecule has 1 fully saturated rings. The van der Waals surface area contributed by atoms with Gasteiger partial charge in [0.25, 0.3) is 0 Å². The van der Waals surface area contributed by atoms with Crippen molar-refractivity contribution in [2.75, 3.05) is 13.2 Å². The number of hydrogen-bond donors (Lipinski definition) is 14. The maximum atomic E-state index is 14.8. The fourth-order valence-corrected chi connectivity index (χ4v) is 10.1. The summed E-state index contributed by atoms with van der Waals surface area (Å²) in [4.78, 5) is 168. The second-order valence-corrected chi connectivity index (χ2v) is 26.4. The average molecular weight is 1280 g/mol. The maximum absolute atomic E-state index is 14.8. The molecule has 0 radical (unpaired) electrons. The summed E-state index contributed by atoms with van der Waals surface area (Å²) in [7, 11) is 0. The number of aliphatic hydroxyl groups excluding tert-OH is 3. The molecular weight excluding hydrogens is 1170 g/mol. The van der Waals surface area contributed by atoms with Crippen molar-refractivity contribution in [2.45, 2.75) is 279 Å². The molecule has 1 rings (SSSR count). The van der Waals surface area contributed by atoms with Gasteiger partial charge >= 0.3 is 11.9 Å². The zero-order valence-electron chi connectivity index (χ0n) is 55.9. The van der Waals surface area contributed by atoms with Gasteiger partial charge in [0, 0.05) is 6.42 Å². The Morgan fingerprint density at radius 2 is 0.900 bits per heavy atom. The molecule has 0 aromatic carbocycles. The number of aliphatic hydroxyl groups is 3. The van der Waals surface area contributed by atoms with Crippen LogP contribution in [0.15, 0.2) is 0 Å². The first-order valence-electron chi connectivity index (χ1n) is 32.5. The number of ether oxygens (including phenoxy) is 1. The van der Waals surface area contributed by atoms with Gasteiger partial charge in [0.1, 0.15) is 66.5 Å². The van der Waals surface area contributed by atoms with E-state index in [1.165, 1.54) is 53.9 Å². The molecule has 1 heterocycles. The van der Waals surface area contributed by atoms with E-state index in [9.17, 15) is 78.0 Å². The van der Waals surface area contributed by atoms with E-state index in [4.69, 9.17) is 4.74 Å². The number of nitrogens with one attached hydrogen (secondary N) is 10. The monoisotopic (exact) mass is 1280 g/mol. The minimum Gasteiger partial charge on any atom is -0.481 e. The fraction of sp³-hybridized carbons (Fsp3) is 0.810. The summed E-state index contributed by atoms with van der Waals surface area (Å²) in [5.74, 6) is -14.8. The molecule has 0 aromatic heterocycles. The number of cyclic esters (lactones) is 1. The highest BCUT2D eigenvalue weighted by Gasteiger charge is 2.41. The molecule has 27 nitrogen and oxygen atoms in total. The molecular formula is C63H112N10O17. The van der Waals surface area contributed by atoms with Gasteiger partial charge in [-0.05, 0) is 81.0 Å². The van der Waals surface area contributed by atoms with Gasteiger partial charge in [0.05, 0.1) is 25.7 Å². The molecule has 12 atom stereocenters. The molecule has 90 heavy (non-hydrogen) atoms. The second kappa shape index (κ2) is 42.6. The molecule has 1 saturated heterocycles. The predicted molar refractivity (Wildman–Crippen MR) is 336 cm³/mol. The summed E-state index contributed by atoms with van der Waals surface area (Å²) in [5.41, 5.74) is 0. The molecule has 0 saturated carbocycles. The lowest BCUT2D eigenvalue weighted by atomic mass is 9.98. The zero-order valence-corrected chi connectivity index (χ0v) is 55.9. The number of unbranched alkanes of at least 4 members (excludes halogenated alkanes) is 8. The van der Waals surface area contributed by atoms with Gasteiger partial charge in [-0.3, -0.25) is 52.7 Å². The van der Waals surface area contributed by atoms with Crippen molar-refractivity contribution >= 4 is 71.0 Å². The van der Waals surface area contributed by atoms with Crippen LogP contribution >= 0.6 is 0 Å². The van der Waals surface area contributed by atoms with Crippen LogP contribution in [-0.4, -0.2) is 177 Å². The van der Waals surface area contributed by atoms with Crippen molar-refractivity contribution in [1.29, 1.82) is 0 Å². The van der Waals surface area contributed by atoms with Crippen LogP contribution < -0.4 is 53.2 Å². The van der Waals surface area contributed by atoms with Crippen LogP contribution in [0, 0.1) is 35.5 Å². The van der Waals surface area contributed by atoms with Crippen LogP contribution in [0.4, 0.5) is 0 Å². The minimum atomic E-state index is -1.99. The third-order valence-electron chi connectivity index (χ3n) is 15.2. The van der Waals surface area contributed by atoms with Crippen LogP contribution in [0.3, 0.4) is 0 Å².